The summed E-state index contributed by atoms with van der Waals surface area (Å²) in [6.45, 7) is 1.81. The van der Waals surface area contributed by atoms with E-state index in [0.29, 0.717) is 0 Å². The number of fused-ring (bicyclic) bond motifs is 1. The fraction of sp³-hybridized carbons (Fsp3) is 0.750. The molecule has 0 radical (unpaired) electrons. The van der Waals surface area contributed by atoms with Crippen LogP contribution in [0.15, 0.2) is 0 Å². The van der Waals surface area contributed by atoms with Crippen LogP contribution in [-0.2, 0) is 4.79 Å². The third-order valence-electron chi connectivity index (χ3n) is 3.73. The van der Waals surface area contributed by atoms with Gasteiger partial charge in [0.15, 0.2) is 0 Å². The van der Waals surface area contributed by atoms with Crippen molar-refractivity contribution in [2.45, 2.75) is 39.0 Å². The summed E-state index contributed by atoms with van der Waals surface area (Å²) in [6.07, 6.45) is 4.56. The number of carboxylic acids is 1. The number of carbonyl (C=O) groups is 1. The molecule has 1 N–H and O–H groups in total. The number of carboxylic acid groups (broad SMARTS) is 1. The molecule has 0 amide bonds. The van der Waals surface area contributed by atoms with Crippen LogP contribution < -0.4 is 0 Å². The summed E-state index contributed by atoms with van der Waals surface area (Å²) in [6, 6.07) is 0. The lowest BCUT2D eigenvalue weighted by Crippen LogP contribution is -2.29. The highest BCUT2D eigenvalue weighted by atomic mass is 16.4. The molecule has 2 heteroatoms. The molecule has 2 nitrogen and oxygen atoms in total. The van der Waals surface area contributed by atoms with E-state index in [1.54, 1.807) is 6.92 Å². The fourth-order valence-corrected chi connectivity index (χ4v) is 2.81. The Balaban J connectivity index is 1.99. The van der Waals surface area contributed by atoms with Crippen LogP contribution in [0.2, 0.25) is 0 Å². The molecule has 0 spiro atoms. The summed E-state index contributed by atoms with van der Waals surface area (Å²) in [7, 11) is 0. The summed E-state index contributed by atoms with van der Waals surface area (Å²) in [5, 5.41) is 9.25. The van der Waals surface area contributed by atoms with Crippen molar-refractivity contribution in [3.63, 3.8) is 0 Å². The van der Waals surface area contributed by atoms with Gasteiger partial charge in [0.2, 0.25) is 0 Å². The molecule has 2 aliphatic rings. The van der Waals surface area contributed by atoms with E-state index in [4.69, 9.17) is 0 Å². The maximum atomic E-state index is 11.2. The van der Waals surface area contributed by atoms with E-state index < -0.39 is 11.4 Å². The smallest absolute Gasteiger partial charge is 0.309 e. The van der Waals surface area contributed by atoms with Gasteiger partial charge in [-0.05, 0) is 44.4 Å². The number of hydrogen-bond acceptors (Lipinski definition) is 1. The van der Waals surface area contributed by atoms with Gasteiger partial charge in [0.25, 0.3) is 0 Å². The van der Waals surface area contributed by atoms with Crippen LogP contribution in [0.5, 0.6) is 0 Å². The van der Waals surface area contributed by atoms with E-state index in [2.05, 4.69) is 11.8 Å². The largest absolute Gasteiger partial charge is 0.481 e. The van der Waals surface area contributed by atoms with Crippen LogP contribution in [0.1, 0.15) is 39.0 Å². The van der Waals surface area contributed by atoms with E-state index in [9.17, 15) is 9.90 Å². The first-order valence-electron chi connectivity index (χ1n) is 5.31. The Bertz CT molecular complexity index is 298. The topological polar surface area (TPSA) is 37.3 Å². The fourth-order valence-electron chi connectivity index (χ4n) is 2.81. The van der Waals surface area contributed by atoms with Gasteiger partial charge < -0.3 is 5.11 Å². The third kappa shape index (κ3) is 1.52. The van der Waals surface area contributed by atoms with Gasteiger partial charge in [-0.3, -0.25) is 4.79 Å². The van der Waals surface area contributed by atoms with Crippen LogP contribution in [0.25, 0.3) is 0 Å². The average Bonchev–Trinajstić information content (AvgIpc) is 2.75. The van der Waals surface area contributed by atoms with E-state index in [0.717, 1.165) is 37.5 Å². The van der Waals surface area contributed by atoms with E-state index in [-0.39, 0.29) is 0 Å². The van der Waals surface area contributed by atoms with E-state index in [1.165, 1.54) is 6.42 Å². The van der Waals surface area contributed by atoms with Gasteiger partial charge in [0.05, 0.1) is 5.41 Å². The van der Waals surface area contributed by atoms with Gasteiger partial charge in [0, 0.05) is 6.42 Å². The molecule has 2 rings (SSSR count). The molecule has 0 bridgehead atoms. The molecule has 2 fully saturated rings. The Hall–Kier alpha value is -0.970. The van der Waals surface area contributed by atoms with Crippen molar-refractivity contribution in [3.05, 3.63) is 0 Å². The first kappa shape index (κ1) is 9.58. The molecule has 2 atom stereocenters. The zero-order valence-corrected chi connectivity index (χ0v) is 8.55. The van der Waals surface area contributed by atoms with Crippen LogP contribution in [-0.4, -0.2) is 11.1 Å². The quantitative estimate of drug-likeness (QED) is 0.696. The molecule has 0 aliphatic heterocycles. The highest BCUT2D eigenvalue weighted by Crippen LogP contribution is 2.61. The maximum absolute atomic E-state index is 11.2. The predicted molar refractivity (Wildman–Crippen MR) is 53.6 cm³/mol. The van der Waals surface area contributed by atoms with Crippen LogP contribution in [0, 0.1) is 29.1 Å². The Labute approximate surface area is 84.7 Å². The molecule has 2 aliphatic carbocycles. The molecular weight excluding hydrogens is 176 g/mol. The van der Waals surface area contributed by atoms with Crippen molar-refractivity contribution in [2.24, 2.45) is 17.3 Å². The lowest BCUT2D eigenvalue weighted by Gasteiger charge is -2.24. The lowest BCUT2D eigenvalue weighted by atomic mass is 9.79. The highest BCUT2D eigenvalue weighted by molar-refractivity contribution is 5.75. The first-order valence-corrected chi connectivity index (χ1v) is 5.31. The minimum atomic E-state index is -0.595. The summed E-state index contributed by atoms with van der Waals surface area (Å²) in [5.41, 5.74) is -0.419. The number of rotatable bonds is 3. The number of aliphatic carboxylic acids is 1. The third-order valence-corrected chi connectivity index (χ3v) is 3.73. The van der Waals surface area contributed by atoms with E-state index >= 15 is 0 Å². The molecule has 14 heavy (non-hydrogen) atoms. The molecule has 0 aromatic carbocycles. The normalized spacial score (nSPS) is 38.4. The summed E-state index contributed by atoms with van der Waals surface area (Å²) < 4.78 is 0. The van der Waals surface area contributed by atoms with Crippen molar-refractivity contribution in [2.75, 3.05) is 0 Å². The van der Waals surface area contributed by atoms with Crippen molar-refractivity contribution in [3.8, 4) is 11.8 Å². The minimum Gasteiger partial charge on any atom is -0.481 e. The Kier molecular flexibility index (Phi) is 2.26. The molecule has 0 heterocycles. The van der Waals surface area contributed by atoms with Gasteiger partial charge in [-0.2, -0.15) is 0 Å². The second kappa shape index (κ2) is 3.31. The van der Waals surface area contributed by atoms with Crippen LogP contribution in [0.3, 0.4) is 0 Å². The molecule has 0 aromatic rings. The van der Waals surface area contributed by atoms with Gasteiger partial charge >= 0.3 is 5.97 Å². The summed E-state index contributed by atoms with van der Waals surface area (Å²) in [4.78, 5) is 11.2. The standard InChI is InChI=1S/C12H16O2/c1-2-3-4-5-12(11(13)14)7-9-6-10(9)8-12/h9-10H,4-8H2,1H3,(H,13,14). The molecule has 2 unspecified atom stereocenters. The van der Waals surface area contributed by atoms with Gasteiger partial charge in [-0.1, -0.05) is 0 Å². The average molecular weight is 192 g/mol. The lowest BCUT2D eigenvalue weighted by molar-refractivity contribution is -0.149. The second-order valence-electron chi connectivity index (χ2n) is 4.68. The Morgan fingerprint density at radius 3 is 2.64 bits per heavy atom. The first-order chi connectivity index (χ1) is 6.68. The number of hydrogen-bond donors (Lipinski definition) is 1. The molecular formula is C12H16O2. The molecule has 0 aromatic heterocycles. The van der Waals surface area contributed by atoms with Gasteiger partial charge in [-0.25, -0.2) is 0 Å². The maximum Gasteiger partial charge on any atom is 0.309 e. The van der Waals surface area contributed by atoms with Gasteiger partial charge in [0.1, 0.15) is 0 Å². The zero-order chi connectivity index (χ0) is 10.2. The van der Waals surface area contributed by atoms with Gasteiger partial charge in [-0.15, -0.1) is 11.8 Å². The Morgan fingerprint density at radius 1 is 1.50 bits per heavy atom. The highest BCUT2D eigenvalue weighted by Gasteiger charge is 2.56. The minimum absolute atomic E-state index is 0.419. The van der Waals surface area contributed by atoms with E-state index in [1.807, 2.05) is 0 Å². The molecule has 2 saturated carbocycles. The monoisotopic (exact) mass is 192 g/mol. The van der Waals surface area contributed by atoms with Crippen molar-refractivity contribution < 1.29 is 9.90 Å². The van der Waals surface area contributed by atoms with Crippen molar-refractivity contribution >= 4 is 5.97 Å². The Morgan fingerprint density at radius 2 is 2.14 bits per heavy atom. The summed E-state index contributed by atoms with van der Waals surface area (Å²) >= 11 is 0. The zero-order valence-electron chi connectivity index (χ0n) is 8.55. The van der Waals surface area contributed by atoms with Crippen molar-refractivity contribution in [1.82, 2.24) is 0 Å². The predicted octanol–water partition coefficient (Wildman–Crippen LogP) is 2.29. The molecule has 0 saturated heterocycles. The SMILES string of the molecule is CC#CCCC1(C(=O)O)CC2CC2C1. The van der Waals surface area contributed by atoms with Crippen LogP contribution in [0.4, 0.5) is 0 Å². The van der Waals surface area contributed by atoms with Crippen LogP contribution >= 0.6 is 0 Å². The molecule has 76 valence electrons. The van der Waals surface area contributed by atoms with Crippen molar-refractivity contribution in [1.29, 1.82) is 0 Å². The summed E-state index contributed by atoms with van der Waals surface area (Å²) in [5.74, 6) is 6.65. The second-order valence-corrected chi connectivity index (χ2v) is 4.68.